The molecule has 2 saturated carbocycles. The minimum atomic E-state index is -1.22. The number of halogens is 2. The van der Waals surface area contributed by atoms with Crippen LogP contribution in [0.4, 0.5) is 8.78 Å². The smallest absolute Gasteiger partial charge is 0.157 e. The van der Waals surface area contributed by atoms with Crippen molar-refractivity contribution in [2.75, 3.05) is 14.1 Å². The Hall–Kier alpha value is -2.45. The molecule has 4 rings (SSSR count). The van der Waals surface area contributed by atoms with Crippen molar-refractivity contribution in [1.29, 1.82) is 0 Å². The second kappa shape index (κ2) is 8.96. The lowest BCUT2D eigenvalue weighted by molar-refractivity contribution is -0.114. The molecule has 0 saturated heterocycles. The average Bonchev–Trinajstić information content (AvgIpc) is 3.06. The zero-order valence-corrected chi connectivity index (χ0v) is 20.7. The number of carbonyl (C=O) groups excluding carboxylic acids is 1. The van der Waals surface area contributed by atoms with Crippen LogP contribution in [0.2, 0.25) is 0 Å². The molecule has 4 aliphatic carbocycles. The predicted molar refractivity (Wildman–Crippen MR) is 131 cm³/mol. The van der Waals surface area contributed by atoms with Gasteiger partial charge in [0.2, 0.25) is 0 Å². The molecule has 0 unspecified atom stereocenters. The second-order valence-corrected chi connectivity index (χ2v) is 10.6. The van der Waals surface area contributed by atoms with E-state index in [1.807, 2.05) is 6.92 Å². The SMILES string of the molecule is C=C/C(=C\C(F)=C(/F)[C@H]1C[C@@]2(C)[C@@H](CC[C@@]2(O)C#CC)[C@@H]2CCC3=CC(=O)CCC3=C21)N(C)C. The molecule has 0 aliphatic heterocycles. The van der Waals surface area contributed by atoms with E-state index in [0.29, 0.717) is 25.0 Å². The third kappa shape index (κ3) is 3.81. The van der Waals surface area contributed by atoms with E-state index in [1.54, 1.807) is 32.0 Å². The maximum absolute atomic E-state index is 16.1. The molecule has 2 fully saturated rings. The van der Waals surface area contributed by atoms with Crippen molar-refractivity contribution in [3.8, 4) is 11.8 Å². The summed E-state index contributed by atoms with van der Waals surface area (Å²) < 4.78 is 31.5. The quantitative estimate of drug-likeness (QED) is 0.410. The third-order valence-electron chi connectivity index (χ3n) is 8.75. The molecule has 34 heavy (non-hydrogen) atoms. The first-order valence-electron chi connectivity index (χ1n) is 12.3. The van der Waals surface area contributed by atoms with Gasteiger partial charge in [0.25, 0.3) is 0 Å². The maximum atomic E-state index is 16.1. The molecule has 1 N–H and O–H groups in total. The fourth-order valence-corrected chi connectivity index (χ4v) is 7.04. The van der Waals surface area contributed by atoms with Crippen molar-refractivity contribution >= 4 is 5.78 Å². The minimum Gasteiger partial charge on any atom is -0.378 e. The molecule has 0 aromatic heterocycles. The van der Waals surface area contributed by atoms with Crippen LogP contribution in [-0.4, -0.2) is 35.5 Å². The lowest BCUT2D eigenvalue weighted by Gasteiger charge is -2.53. The van der Waals surface area contributed by atoms with Crippen LogP contribution >= 0.6 is 0 Å². The van der Waals surface area contributed by atoms with Crippen LogP contribution in [0.25, 0.3) is 0 Å². The number of carbonyl (C=O) groups is 1. The predicted octanol–water partition coefficient (Wildman–Crippen LogP) is 5.96. The lowest BCUT2D eigenvalue weighted by atomic mass is 9.52. The van der Waals surface area contributed by atoms with E-state index < -0.39 is 28.6 Å². The van der Waals surface area contributed by atoms with E-state index in [-0.39, 0.29) is 24.0 Å². The van der Waals surface area contributed by atoms with Crippen LogP contribution in [0.15, 0.2) is 58.9 Å². The lowest BCUT2D eigenvalue weighted by Crippen LogP contribution is -2.51. The van der Waals surface area contributed by atoms with Crippen LogP contribution in [0.3, 0.4) is 0 Å². The summed E-state index contributed by atoms with van der Waals surface area (Å²) in [5, 5.41) is 11.6. The third-order valence-corrected chi connectivity index (χ3v) is 8.75. The molecule has 0 radical (unpaired) electrons. The molecule has 0 amide bonds. The topological polar surface area (TPSA) is 40.5 Å². The summed E-state index contributed by atoms with van der Waals surface area (Å²) in [6.07, 6.45) is 8.56. The van der Waals surface area contributed by atoms with Crippen molar-refractivity contribution < 1.29 is 18.7 Å². The van der Waals surface area contributed by atoms with Gasteiger partial charge in [-0.1, -0.05) is 25.0 Å². The number of hydrogen-bond donors (Lipinski definition) is 1. The van der Waals surface area contributed by atoms with Crippen LogP contribution in [0.5, 0.6) is 0 Å². The van der Waals surface area contributed by atoms with Gasteiger partial charge in [-0.15, -0.1) is 5.92 Å². The van der Waals surface area contributed by atoms with Crippen molar-refractivity contribution in [3.05, 3.63) is 58.9 Å². The Morgan fingerprint density at radius 2 is 2.00 bits per heavy atom. The van der Waals surface area contributed by atoms with Crippen molar-refractivity contribution in [2.45, 2.75) is 64.4 Å². The fraction of sp³-hybridized carbons (Fsp3) is 0.552. The number of aliphatic hydroxyl groups is 1. The van der Waals surface area contributed by atoms with Crippen LogP contribution in [-0.2, 0) is 4.79 Å². The van der Waals surface area contributed by atoms with Gasteiger partial charge in [-0.2, -0.15) is 0 Å². The molecule has 0 aromatic carbocycles. The minimum absolute atomic E-state index is 0.0482. The molecular formula is C29H35F2NO2. The largest absolute Gasteiger partial charge is 0.378 e. The molecule has 0 spiro atoms. The van der Waals surface area contributed by atoms with Gasteiger partial charge in [-0.3, -0.25) is 4.79 Å². The number of hydrogen-bond acceptors (Lipinski definition) is 3. The first kappa shape index (κ1) is 24.7. The number of rotatable bonds is 4. The van der Waals surface area contributed by atoms with E-state index in [2.05, 4.69) is 18.4 Å². The van der Waals surface area contributed by atoms with E-state index in [4.69, 9.17) is 0 Å². The molecule has 4 aliphatic rings. The van der Waals surface area contributed by atoms with Gasteiger partial charge in [-0.05, 0) is 86.7 Å². The highest BCUT2D eigenvalue weighted by molar-refractivity contribution is 5.93. The van der Waals surface area contributed by atoms with Crippen molar-refractivity contribution in [3.63, 3.8) is 0 Å². The molecular weight excluding hydrogens is 432 g/mol. The normalized spacial score (nSPS) is 35.9. The van der Waals surface area contributed by atoms with Crippen molar-refractivity contribution in [1.82, 2.24) is 4.90 Å². The highest BCUT2D eigenvalue weighted by Gasteiger charge is 2.63. The Morgan fingerprint density at radius 1 is 1.26 bits per heavy atom. The monoisotopic (exact) mass is 467 g/mol. The summed E-state index contributed by atoms with van der Waals surface area (Å²) in [6.45, 7) is 7.43. The summed E-state index contributed by atoms with van der Waals surface area (Å²) in [7, 11) is 3.51. The number of likely N-dealkylation sites (N-methyl/N-ethyl adjacent to an activating group) is 1. The van der Waals surface area contributed by atoms with E-state index in [9.17, 15) is 9.90 Å². The Bertz CT molecular complexity index is 1100. The van der Waals surface area contributed by atoms with Crippen LogP contribution < -0.4 is 0 Å². The van der Waals surface area contributed by atoms with Crippen LogP contribution in [0.1, 0.15) is 58.8 Å². The van der Waals surface area contributed by atoms with Gasteiger partial charge < -0.3 is 10.0 Å². The first-order valence-corrected chi connectivity index (χ1v) is 12.3. The molecule has 0 aromatic rings. The van der Waals surface area contributed by atoms with Gasteiger partial charge in [0.15, 0.2) is 11.6 Å². The van der Waals surface area contributed by atoms with Crippen molar-refractivity contribution in [2.24, 2.45) is 23.2 Å². The molecule has 182 valence electrons. The van der Waals surface area contributed by atoms with Gasteiger partial charge >= 0.3 is 0 Å². The molecule has 3 nitrogen and oxygen atoms in total. The zero-order valence-electron chi connectivity index (χ0n) is 20.7. The van der Waals surface area contributed by atoms with Crippen LogP contribution in [0, 0.1) is 35.0 Å². The molecule has 0 bridgehead atoms. The highest BCUT2D eigenvalue weighted by Crippen LogP contribution is 2.66. The zero-order chi connectivity index (χ0) is 24.8. The van der Waals surface area contributed by atoms with Gasteiger partial charge in [0.05, 0.1) is 0 Å². The second-order valence-electron chi connectivity index (χ2n) is 10.6. The molecule has 5 atom stereocenters. The Kier molecular flexibility index (Phi) is 6.50. The van der Waals surface area contributed by atoms with E-state index in [1.165, 1.54) is 12.2 Å². The summed E-state index contributed by atoms with van der Waals surface area (Å²) in [5.41, 5.74) is 1.59. The van der Waals surface area contributed by atoms with E-state index >= 15 is 8.78 Å². The first-order chi connectivity index (χ1) is 16.1. The highest BCUT2D eigenvalue weighted by atomic mass is 19.2. The van der Waals surface area contributed by atoms with Gasteiger partial charge in [0.1, 0.15) is 11.4 Å². The number of ketones is 1. The Labute approximate surface area is 202 Å². The summed E-state index contributed by atoms with van der Waals surface area (Å²) in [6, 6.07) is 0. The van der Waals surface area contributed by atoms with E-state index in [0.717, 1.165) is 36.0 Å². The number of nitrogens with zero attached hydrogens (tertiary/aromatic N) is 1. The summed E-state index contributed by atoms with van der Waals surface area (Å²) in [4.78, 5) is 13.8. The van der Waals surface area contributed by atoms with Gasteiger partial charge in [-0.25, -0.2) is 8.78 Å². The fourth-order valence-electron chi connectivity index (χ4n) is 7.04. The summed E-state index contributed by atoms with van der Waals surface area (Å²) in [5.74, 6) is 3.72. The Morgan fingerprint density at radius 3 is 2.65 bits per heavy atom. The number of allylic oxidation sites excluding steroid dienone is 8. The Balaban J connectivity index is 1.91. The van der Waals surface area contributed by atoms with Gasteiger partial charge in [0, 0.05) is 37.5 Å². The number of fused-ring (bicyclic) bond motifs is 4. The summed E-state index contributed by atoms with van der Waals surface area (Å²) >= 11 is 0. The molecule has 5 heteroatoms. The molecule has 0 heterocycles. The average molecular weight is 468 g/mol. The standard InChI is InChI=1S/C29H35F2NO2/c1-6-13-29(34)14-12-24-22-10-8-18-15-20(33)9-11-21(18)26(22)23(17-28(24,29)3)27(31)25(30)16-19(7-2)32(4)5/h7,15-16,22-24,34H,2,8-12,14,17H2,1,3-5H3/b19-16+,27-25+/t22-,23-,24-,28-,29-/m0/s1. The maximum Gasteiger partial charge on any atom is 0.157 e.